The second kappa shape index (κ2) is 5.98. The van der Waals surface area contributed by atoms with Crippen LogP contribution >= 0.6 is 15.9 Å². The van der Waals surface area contributed by atoms with E-state index in [1.165, 1.54) is 0 Å². The van der Waals surface area contributed by atoms with Crippen molar-refractivity contribution in [3.05, 3.63) is 34.3 Å². The van der Waals surface area contributed by atoms with Crippen molar-refractivity contribution in [2.45, 2.75) is 46.4 Å². The summed E-state index contributed by atoms with van der Waals surface area (Å²) in [6, 6.07) is 8.19. The van der Waals surface area contributed by atoms with Gasteiger partial charge in [-0.1, -0.05) is 48.8 Å². The van der Waals surface area contributed by atoms with Gasteiger partial charge in [-0.05, 0) is 30.0 Å². The summed E-state index contributed by atoms with van der Waals surface area (Å²) in [4.78, 5) is 0. The fraction of sp³-hybridized carbons (Fsp3) is 0.571. The van der Waals surface area contributed by atoms with Crippen LogP contribution in [0.15, 0.2) is 28.7 Å². The maximum absolute atomic E-state index is 5.98. The van der Waals surface area contributed by atoms with Crippen molar-refractivity contribution < 1.29 is 4.74 Å². The molecule has 0 aliphatic carbocycles. The first kappa shape index (κ1) is 14.7. The number of nitrogens with two attached hydrogens (primary N) is 1. The molecular formula is C14H22BrNO. The molecule has 0 bridgehead atoms. The standard InChI is InChI=1S/C14H22BrNO/c1-10(16)13(14(2,3)4)17-9-11-6-5-7-12(15)8-11/h5-8,10,13H,9,16H2,1-4H3. The number of benzene rings is 1. The van der Waals surface area contributed by atoms with Gasteiger partial charge >= 0.3 is 0 Å². The zero-order valence-electron chi connectivity index (χ0n) is 11.0. The summed E-state index contributed by atoms with van der Waals surface area (Å²) >= 11 is 3.46. The van der Waals surface area contributed by atoms with Gasteiger partial charge in [-0.15, -0.1) is 0 Å². The number of ether oxygens (including phenoxy) is 1. The van der Waals surface area contributed by atoms with Gasteiger partial charge in [0, 0.05) is 10.5 Å². The molecule has 1 rings (SSSR count). The van der Waals surface area contributed by atoms with Crippen LogP contribution in [0.3, 0.4) is 0 Å². The molecule has 0 amide bonds. The maximum atomic E-state index is 5.98. The fourth-order valence-electron chi connectivity index (χ4n) is 2.00. The van der Waals surface area contributed by atoms with Crippen LogP contribution in [0, 0.1) is 5.41 Å². The Hall–Kier alpha value is -0.380. The Balaban J connectivity index is 2.65. The summed E-state index contributed by atoms with van der Waals surface area (Å²) in [6.45, 7) is 9.06. The fourth-order valence-corrected chi connectivity index (χ4v) is 2.45. The number of rotatable bonds is 4. The van der Waals surface area contributed by atoms with Crippen LogP contribution in [0.1, 0.15) is 33.3 Å². The lowest BCUT2D eigenvalue weighted by Gasteiger charge is -2.33. The summed E-state index contributed by atoms with van der Waals surface area (Å²) in [7, 11) is 0. The Morgan fingerprint density at radius 3 is 2.47 bits per heavy atom. The van der Waals surface area contributed by atoms with Gasteiger partial charge in [0.25, 0.3) is 0 Å². The van der Waals surface area contributed by atoms with E-state index in [9.17, 15) is 0 Å². The zero-order valence-corrected chi connectivity index (χ0v) is 12.6. The zero-order chi connectivity index (χ0) is 13.1. The molecule has 17 heavy (non-hydrogen) atoms. The van der Waals surface area contributed by atoms with Gasteiger partial charge in [-0.25, -0.2) is 0 Å². The average Bonchev–Trinajstić information content (AvgIpc) is 2.15. The third-order valence-electron chi connectivity index (χ3n) is 2.65. The van der Waals surface area contributed by atoms with Gasteiger partial charge in [0.2, 0.25) is 0 Å². The smallest absolute Gasteiger partial charge is 0.0775 e. The second-order valence-electron chi connectivity index (χ2n) is 5.59. The van der Waals surface area contributed by atoms with Crippen molar-refractivity contribution in [3.8, 4) is 0 Å². The minimum Gasteiger partial charge on any atom is -0.371 e. The molecule has 2 N–H and O–H groups in total. The van der Waals surface area contributed by atoms with Crippen molar-refractivity contribution >= 4 is 15.9 Å². The van der Waals surface area contributed by atoms with E-state index in [2.05, 4.69) is 48.8 Å². The lowest BCUT2D eigenvalue weighted by molar-refractivity contribution is -0.0400. The number of hydrogen-bond donors (Lipinski definition) is 1. The summed E-state index contributed by atoms with van der Waals surface area (Å²) < 4.78 is 7.04. The van der Waals surface area contributed by atoms with Crippen LogP contribution in [-0.2, 0) is 11.3 Å². The van der Waals surface area contributed by atoms with Crippen LogP contribution < -0.4 is 5.73 Å². The summed E-state index contributed by atoms with van der Waals surface area (Å²) in [5.41, 5.74) is 7.20. The minimum absolute atomic E-state index is 0.0298. The first-order valence-corrected chi connectivity index (χ1v) is 6.71. The van der Waals surface area contributed by atoms with E-state index in [4.69, 9.17) is 10.5 Å². The van der Waals surface area contributed by atoms with Crippen molar-refractivity contribution in [1.29, 1.82) is 0 Å². The molecule has 0 saturated heterocycles. The molecule has 0 fully saturated rings. The Morgan fingerprint density at radius 2 is 2.00 bits per heavy atom. The van der Waals surface area contributed by atoms with Gasteiger partial charge in [0.05, 0.1) is 12.7 Å². The molecule has 2 nitrogen and oxygen atoms in total. The topological polar surface area (TPSA) is 35.2 Å². The highest BCUT2D eigenvalue weighted by Crippen LogP contribution is 2.25. The molecule has 0 heterocycles. The Kier molecular flexibility index (Phi) is 5.17. The molecule has 0 aliphatic heterocycles. The normalized spacial score (nSPS) is 15.6. The van der Waals surface area contributed by atoms with E-state index in [-0.39, 0.29) is 17.6 Å². The van der Waals surface area contributed by atoms with E-state index in [0.29, 0.717) is 6.61 Å². The predicted molar refractivity (Wildman–Crippen MR) is 75.8 cm³/mol. The Bertz CT molecular complexity index is 357. The molecule has 2 atom stereocenters. The third-order valence-corrected chi connectivity index (χ3v) is 3.14. The molecule has 0 saturated carbocycles. The Labute approximate surface area is 113 Å². The third kappa shape index (κ3) is 4.78. The van der Waals surface area contributed by atoms with Gasteiger partial charge in [0.15, 0.2) is 0 Å². The van der Waals surface area contributed by atoms with E-state index < -0.39 is 0 Å². The van der Waals surface area contributed by atoms with Crippen molar-refractivity contribution in [2.75, 3.05) is 0 Å². The van der Waals surface area contributed by atoms with Gasteiger partial charge < -0.3 is 10.5 Å². The molecule has 1 aromatic carbocycles. The molecule has 3 heteroatoms. The van der Waals surface area contributed by atoms with Crippen LogP contribution in [0.2, 0.25) is 0 Å². The van der Waals surface area contributed by atoms with Crippen molar-refractivity contribution in [3.63, 3.8) is 0 Å². The van der Waals surface area contributed by atoms with Crippen LogP contribution in [0.25, 0.3) is 0 Å². The maximum Gasteiger partial charge on any atom is 0.0775 e. The molecule has 0 radical (unpaired) electrons. The number of hydrogen-bond acceptors (Lipinski definition) is 2. The van der Waals surface area contributed by atoms with Gasteiger partial charge in [-0.2, -0.15) is 0 Å². The van der Waals surface area contributed by atoms with E-state index in [1.54, 1.807) is 0 Å². The van der Waals surface area contributed by atoms with Crippen molar-refractivity contribution in [1.82, 2.24) is 0 Å². The first-order chi connectivity index (χ1) is 7.80. The van der Waals surface area contributed by atoms with E-state index in [1.807, 2.05) is 19.1 Å². The average molecular weight is 300 g/mol. The summed E-state index contributed by atoms with van der Waals surface area (Å²) in [5, 5.41) is 0. The quantitative estimate of drug-likeness (QED) is 0.919. The first-order valence-electron chi connectivity index (χ1n) is 5.92. The molecule has 0 aromatic heterocycles. The Morgan fingerprint density at radius 1 is 1.35 bits per heavy atom. The van der Waals surface area contributed by atoms with E-state index >= 15 is 0 Å². The predicted octanol–water partition coefficient (Wildman–Crippen LogP) is 3.73. The van der Waals surface area contributed by atoms with E-state index in [0.717, 1.165) is 10.0 Å². The van der Waals surface area contributed by atoms with Crippen LogP contribution in [0.5, 0.6) is 0 Å². The van der Waals surface area contributed by atoms with Gasteiger partial charge in [-0.3, -0.25) is 0 Å². The molecular weight excluding hydrogens is 278 g/mol. The van der Waals surface area contributed by atoms with Gasteiger partial charge in [0.1, 0.15) is 0 Å². The molecule has 0 aliphatic rings. The SMILES string of the molecule is CC(N)C(OCc1cccc(Br)c1)C(C)(C)C. The lowest BCUT2D eigenvalue weighted by Crippen LogP contribution is -2.43. The summed E-state index contributed by atoms with van der Waals surface area (Å²) in [6.07, 6.45) is 0.0569. The molecule has 96 valence electrons. The highest BCUT2D eigenvalue weighted by atomic mass is 79.9. The molecule has 1 aromatic rings. The minimum atomic E-state index is 0.0298. The van der Waals surface area contributed by atoms with Crippen LogP contribution in [0.4, 0.5) is 0 Å². The monoisotopic (exact) mass is 299 g/mol. The molecule has 0 spiro atoms. The summed E-state index contributed by atoms with van der Waals surface area (Å²) in [5.74, 6) is 0. The largest absolute Gasteiger partial charge is 0.371 e. The highest BCUT2D eigenvalue weighted by Gasteiger charge is 2.28. The number of halogens is 1. The molecule has 2 unspecified atom stereocenters. The highest BCUT2D eigenvalue weighted by molar-refractivity contribution is 9.10. The second-order valence-corrected chi connectivity index (χ2v) is 6.50. The van der Waals surface area contributed by atoms with Crippen molar-refractivity contribution in [2.24, 2.45) is 11.1 Å². The van der Waals surface area contributed by atoms with Crippen LogP contribution in [-0.4, -0.2) is 12.1 Å². The lowest BCUT2D eigenvalue weighted by atomic mass is 9.85.